The molecule has 1 aliphatic heterocycles. The van der Waals surface area contributed by atoms with E-state index in [2.05, 4.69) is 5.32 Å². The van der Waals surface area contributed by atoms with Crippen LogP contribution in [0.15, 0.2) is 24.3 Å². The molecule has 1 atom stereocenters. The van der Waals surface area contributed by atoms with Crippen molar-refractivity contribution in [1.29, 1.82) is 5.26 Å². The van der Waals surface area contributed by atoms with Gasteiger partial charge < -0.3 is 15.3 Å². The summed E-state index contributed by atoms with van der Waals surface area (Å²) in [6.45, 7) is 2.99. The fourth-order valence-corrected chi connectivity index (χ4v) is 2.34. The number of carbonyl (C=O) groups is 1. The van der Waals surface area contributed by atoms with Crippen LogP contribution in [0.5, 0.6) is 0 Å². The molecule has 0 aliphatic carbocycles. The third-order valence-electron chi connectivity index (χ3n) is 3.59. The molecule has 1 saturated heterocycles. The van der Waals surface area contributed by atoms with E-state index in [0.29, 0.717) is 37.2 Å². The summed E-state index contributed by atoms with van der Waals surface area (Å²) in [6.07, 6.45) is 2.08. The minimum atomic E-state index is -0.685. The minimum absolute atomic E-state index is 0.183. The highest BCUT2D eigenvalue weighted by molar-refractivity contribution is 5.89. The number of amides is 2. The van der Waals surface area contributed by atoms with Gasteiger partial charge in [0.05, 0.1) is 17.2 Å². The Hall–Kier alpha value is -2.06. The maximum absolute atomic E-state index is 12.2. The second kappa shape index (κ2) is 5.93. The number of hydrogen-bond donors (Lipinski definition) is 2. The highest BCUT2D eigenvalue weighted by Crippen LogP contribution is 2.22. The lowest BCUT2D eigenvalue weighted by molar-refractivity contribution is 0.0458. The van der Waals surface area contributed by atoms with Crippen LogP contribution in [0.3, 0.4) is 0 Å². The number of likely N-dealkylation sites (tertiary alicyclic amines) is 1. The largest absolute Gasteiger partial charge is 0.390 e. The van der Waals surface area contributed by atoms with Crippen molar-refractivity contribution in [2.24, 2.45) is 0 Å². The number of carbonyl (C=O) groups excluding carboxylic acids is 1. The van der Waals surface area contributed by atoms with Crippen molar-refractivity contribution in [3.63, 3.8) is 0 Å². The van der Waals surface area contributed by atoms with Crippen LogP contribution in [0.2, 0.25) is 0 Å². The topological polar surface area (TPSA) is 76.4 Å². The van der Waals surface area contributed by atoms with Crippen molar-refractivity contribution in [1.82, 2.24) is 4.90 Å². The third kappa shape index (κ3) is 3.72. The van der Waals surface area contributed by atoms with Gasteiger partial charge in [0.15, 0.2) is 0 Å². The van der Waals surface area contributed by atoms with E-state index in [-0.39, 0.29) is 6.03 Å². The maximum atomic E-state index is 12.2. The van der Waals surface area contributed by atoms with Crippen molar-refractivity contribution in [2.75, 3.05) is 18.4 Å². The fraction of sp³-hybridized carbons (Fsp3) is 0.467. The van der Waals surface area contributed by atoms with E-state index in [0.717, 1.165) is 6.42 Å². The van der Waals surface area contributed by atoms with Crippen LogP contribution in [0, 0.1) is 11.3 Å². The van der Waals surface area contributed by atoms with Gasteiger partial charge in [0, 0.05) is 18.8 Å². The van der Waals surface area contributed by atoms with Crippen LogP contribution < -0.4 is 5.32 Å². The van der Waals surface area contributed by atoms with Crippen molar-refractivity contribution in [2.45, 2.75) is 31.8 Å². The highest BCUT2D eigenvalue weighted by Gasteiger charge is 2.26. The number of hydrogen-bond acceptors (Lipinski definition) is 3. The summed E-state index contributed by atoms with van der Waals surface area (Å²) in [4.78, 5) is 13.9. The summed E-state index contributed by atoms with van der Waals surface area (Å²) in [6, 6.07) is 8.69. The van der Waals surface area contributed by atoms with Gasteiger partial charge in [-0.3, -0.25) is 0 Å². The van der Waals surface area contributed by atoms with E-state index in [9.17, 15) is 9.90 Å². The van der Waals surface area contributed by atoms with Gasteiger partial charge in [-0.1, -0.05) is 6.07 Å². The predicted octanol–water partition coefficient (Wildman–Crippen LogP) is 2.33. The summed E-state index contributed by atoms with van der Waals surface area (Å²) in [5.41, 5.74) is 0.446. The van der Waals surface area contributed by atoms with Crippen molar-refractivity contribution in [3.05, 3.63) is 29.8 Å². The molecule has 0 spiro atoms. The van der Waals surface area contributed by atoms with Gasteiger partial charge in [0.25, 0.3) is 0 Å². The SMILES string of the molecule is CC1(O)CCCN(C(=O)Nc2cccc(C#N)c2)CC1. The zero-order valence-electron chi connectivity index (χ0n) is 11.6. The van der Waals surface area contributed by atoms with E-state index in [4.69, 9.17) is 5.26 Å². The Morgan fingerprint density at radius 2 is 2.25 bits per heavy atom. The summed E-state index contributed by atoms with van der Waals surface area (Å²) < 4.78 is 0. The van der Waals surface area contributed by atoms with Gasteiger partial charge in [0.2, 0.25) is 0 Å². The molecule has 106 valence electrons. The van der Waals surface area contributed by atoms with Crippen molar-refractivity contribution in [3.8, 4) is 6.07 Å². The van der Waals surface area contributed by atoms with E-state index in [1.807, 2.05) is 13.0 Å². The molecule has 1 aliphatic rings. The molecule has 5 nitrogen and oxygen atoms in total. The second-order valence-corrected chi connectivity index (χ2v) is 5.46. The first-order chi connectivity index (χ1) is 9.50. The van der Waals surface area contributed by atoms with Gasteiger partial charge in [-0.05, 0) is 44.4 Å². The van der Waals surface area contributed by atoms with Gasteiger partial charge in [-0.15, -0.1) is 0 Å². The normalized spacial score (nSPS) is 22.8. The molecule has 5 heteroatoms. The van der Waals surface area contributed by atoms with Crippen LogP contribution in [-0.2, 0) is 0 Å². The number of rotatable bonds is 1. The molecule has 1 aromatic carbocycles. The number of aliphatic hydroxyl groups is 1. The molecule has 2 amide bonds. The molecular formula is C15H19N3O2. The fourth-order valence-electron chi connectivity index (χ4n) is 2.34. The van der Waals surface area contributed by atoms with Crippen LogP contribution in [0.4, 0.5) is 10.5 Å². The van der Waals surface area contributed by atoms with Crippen LogP contribution in [0.1, 0.15) is 31.7 Å². The number of anilines is 1. The number of nitriles is 1. The summed E-state index contributed by atoms with van der Waals surface area (Å²) in [7, 11) is 0. The number of nitrogens with one attached hydrogen (secondary N) is 1. The molecule has 2 N–H and O–H groups in total. The average molecular weight is 273 g/mol. The van der Waals surface area contributed by atoms with Gasteiger partial charge in [-0.2, -0.15) is 5.26 Å². The quantitative estimate of drug-likeness (QED) is 0.824. The molecule has 0 saturated carbocycles. The van der Waals surface area contributed by atoms with Gasteiger partial charge >= 0.3 is 6.03 Å². The van der Waals surface area contributed by atoms with Crippen molar-refractivity contribution < 1.29 is 9.90 Å². The zero-order chi connectivity index (χ0) is 14.6. The standard InChI is InChI=1S/C15H19N3O2/c1-15(20)6-3-8-18(9-7-15)14(19)17-13-5-2-4-12(10-13)11-16/h2,4-5,10,20H,3,6-9H2,1H3,(H,17,19). The summed E-state index contributed by atoms with van der Waals surface area (Å²) in [5, 5.41) is 21.7. The van der Waals surface area contributed by atoms with Gasteiger partial charge in [0.1, 0.15) is 0 Å². The first-order valence-electron chi connectivity index (χ1n) is 6.79. The Balaban J connectivity index is 1.99. The monoisotopic (exact) mass is 273 g/mol. The molecule has 1 aromatic rings. The molecule has 0 radical (unpaired) electrons. The van der Waals surface area contributed by atoms with E-state index in [1.54, 1.807) is 29.2 Å². The van der Waals surface area contributed by atoms with Crippen LogP contribution >= 0.6 is 0 Å². The van der Waals surface area contributed by atoms with E-state index in [1.165, 1.54) is 0 Å². The Morgan fingerprint density at radius 3 is 3.00 bits per heavy atom. The lowest BCUT2D eigenvalue weighted by Gasteiger charge is -2.22. The molecule has 1 unspecified atom stereocenters. The molecule has 0 bridgehead atoms. The minimum Gasteiger partial charge on any atom is -0.390 e. The Kier molecular flexibility index (Phi) is 4.26. The average Bonchev–Trinajstić information content (AvgIpc) is 2.60. The Labute approximate surface area is 118 Å². The van der Waals surface area contributed by atoms with E-state index < -0.39 is 5.60 Å². The molecule has 20 heavy (non-hydrogen) atoms. The summed E-state index contributed by atoms with van der Waals surface area (Å²) >= 11 is 0. The van der Waals surface area contributed by atoms with Crippen LogP contribution in [-0.4, -0.2) is 34.7 Å². The first-order valence-corrected chi connectivity index (χ1v) is 6.79. The van der Waals surface area contributed by atoms with E-state index >= 15 is 0 Å². The summed E-state index contributed by atoms with van der Waals surface area (Å²) in [5.74, 6) is 0. The third-order valence-corrected chi connectivity index (χ3v) is 3.59. The zero-order valence-corrected chi connectivity index (χ0v) is 11.6. The molecule has 2 rings (SSSR count). The number of nitrogens with zero attached hydrogens (tertiary/aromatic N) is 2. The maximum Gasteiger partial charge on any atom is 0.321 e. The highest BCUT2D eigenvalue weighted by atomic mass is 16.3. The lowest BCUT2D eigenvalue weighted by atomic mass is 9.98. The molecule has 0 aromatic heterocycles. The smallest absolute Gasteiger partial charge is 0.321 e. The van der Waals surface area contributed by atoms with Gasteiger partial charge in [-0.25, -0.2) is 4.79 Å². The predicted molar refractivity (Wildman–Crippen MR) is 76.2 cm³/mol. The lowest BCUT2D eigenvalue weighted by Crippen LogP contribution is -2.36. The first kappa shape index (κ1) is 14.4. The number of urea groups is 1. The number of benzene rings is 1. The molecule has 1 heterocycles. The Morgan fingerprint density at radius 1 is 1.45 bits per heavy atom. The Bertz CT molecular complexity index is 534. The van der Waals surface area contributed by atoms with Crippen LogP contribution in [0.25, 0.3) is 0 Å². The molecule has 1 fully saturated rings. The van der Waals surface area contributed by atoms with Crippen molar-refractivity contribution >= 4 is 11.7 Å². The second-order valence-electron chi connectivity index (χ2n) is 5.46. The molecular weight excluding hydrogens is 254 g/mol.